The number of para-hydroxylation sites is 1. The van der Waals surface area contributed by atoms with Crippen LogP contribution in [-0.2, 0) is 6.42 Å². The second kappa shape index (κ2) is 4.57. The van der Waals surface area contributed by atoms with E-state index in [0.717, 1.165) is 22.9 Å². The number of benzene rings is 1. The van der Waals surface area contributed by atoms with E-state index in [9.17, 15) is 0 Å². The van der Waals surface area contributed by atoms with E-state index in [1.165, 1.54) is 4.73 Å². The van der Waals surface area contributed by atoms with Gasteiger partial charge in [0.25, 0.3) is 0 Å². The second-order valence-corrected chi connectivity index (χ2v) is 3.47. The second-order valence-electron chi connectivity index (χ2n) is 3.47. The average molecular weight is 220 g/mol. The van der Waals surface area contributed by atoms with Gasteiger partial charge in [-0.1, -0.05) is 18.2 Å². The summed E-state index contributed by atoms with van der Waals surface area (Å²) in [6.45, 7) is 0.537. The van der Waals surface area contributed by atoms with Gasteiger partial charge in [-0.05, 0) is 24.6 Å². The van der Waals surface area contributed by atoms with Gasteiger partial charge in [-0.3, -0.25) is 0 Å². The predicted octanol–water partition coefficient (Wildman–Crippen LogP) is -0.459. The van der Waals surface area contributed by atoms with E-state index in [0.29, 0.717) is 6.54 Å². The third-order valence-corrected chi connectivity index (χ3v) is 2.38. The highest BCUT2D eigenvalue weighted by atomic mass is 16.7. The summed E-state index contributed by atoms with van der Waals surface area (Å²) < 4.78 is 6.19. The van der Waals surface area contributed by atoms with Crippen molar-refractivity contribution in [1.82, 2.24) is 4.73 Å². The molecule has 0 aliphatic rings. The lowest BCUT2D eigenvalue weighted by Crippen LogP contribution is -2.28. The molecule has 0 unspecified atom stereocenters. The van der Waals surface area contributed by atoms with Crippen molar-refractivity contribution in [2.45, 2.75) is 6.42 Å². The van der Waals surface area contributed by atoms with Crippen LogP contribution in [0.3, 0.4) is 0 Å². The van der Waals surface area contributed by atoms with Crippen LogP contribution in [0, 0.1) is 0 Å². The van der Waals surface area contributed by atoms with E-state index in [1.807, 2.05) is 24.3 Å². The molecule has 1 heterocycles. The topological polar surface area (TPSA) is 80.6 Å². The van der Waals surface area contributed by atoms with Crippen molar-refractivity contribution in [2.24, 2.45) is 5.73 Å². The summed E-state index contributed by atoms with van der Waals surface area (Å²) in [5.41, 5.74) is 7.33. The number of hydrogen-bond acceptors (Lipinski definition) is 4. The molecule has 0 spiro atoms. The number of fused-ring (bicyclic) bond motifs is 1. The fourth-order valence-corrected chi connectivity index (χ4v) is 1.76. The van der Waals surface area contributed by atoms with Crippen molar-refractivity contribution in [3.8, 4) is 0 Å². The summed E-state index contributed by atoms with van der Waals surface area (Å²) in [7, 11) is -1.83. The summed E-state index contributed by atoms with van der Waals surface area (Å²) >= 11 is 0. The monoisotopic (exact) mass is 220 g/mol. The largest absolute Gasteiger partial charge is 0.728 e. The first kappa shape index (κ1) is 11.0. The molecule has 1 aromatic heterocycles. The maximum atomic E-state index is 8.79. The van der Waals surface area contributed by atoms with Gasteiger partial charge in [0.05, 0.1) is 5.52 Å². The first-order valence-electron chi connectivity index (χ1n) is 5.04. The van der Waals surface area contributed by atoms with Gasteiger partial charge < -0.3 is 20.5 Å². The first-order chi connectivity index (χ1) is 7.72. The normalized spacial score (nSPS) is 10.7. The SMILES string of the molecule is NCCc1cn(OB(O)O)c2ccccc12. The van der Waals surface area contributed by atoms with Crippen molar-refractivity contribution in [3.63, 3.8) is 0 Å². The Kier molecular flexibility index (Phi) is 3.14. The van der Waals surface area contributed by atoms with Gasteiger partial charge in [0.2, 0.25) is 0 Å². The van der Waals surface area contributed by atoms with E-state index in [-0.39, 0.29) is 0 Å². The van der Waals surface area contributed by atoms with Crippen molar-refractivity contribution in [1.29, 1.82) is 0 Å². The van der Waals surface area contributed by atoms with E-state index >= 15 is 0 Å². The molecule has 0 radical (unpaired) electrons. The molecule has 5 nitrogen and oxygen atoms in total. The number of hydrogen-bond donors (Lipinski definition) is 3. The number of nitrogens with zero attached hydrogens (tertiary/aromatic N) is 1. The zero-order chi connectivity index (χ0) is 11.5. The molecule has 1 aromatic carbocycles. The minimum atomic E-state index is -1.83. The highest BCUT2D eigenvalue weighted by Crippen LogP contribution is 2.20. The highest BCUT2D eigenvalue weighted by Gasteiger charge is 2.15. The molecule has 4 N–H and O–H groups in total. The zero-order valence-corrected chi connectivity index (χ0v) is 8.71. The van der Waals surface area contributed by atoms with E-state index in [1.54, 1.807) is 6.20 Å². The van der Waals surface area contributed by atoms with Crippen molar-refractivity contribution >= 4 is 18.2 Å². The molecule has 0 aliphatic heterocycles. The van der Waals surface area contributed by atoms with Crippen LogP contribution in [0.4, 0.5) is 0 Å². The van der Waals surface area contributed by atoms with E-state index in [4.69, 9.17) is 20.5 Å². The molecule has 6 heteroatoms. The number of nitrogens with two attached hydrogens (primary N) is 1. The lowest BCUT2D eigenvalue weighted by Gasteiger charge is -2.05. The first-order valence-corrected chi connectivity index (χ1v) is 5.04. The number of rotatable bonds is 4. The van der Waals surface area contributed by atoms with Gasteiger partial charge in [-0.2, -0.15) is 0 Å². The highest BCUT2D eigenvalue weighted by molar-refractivity contribution is 6.33. The van der Waals surface area contributed by atoms with Crippen LogP contribution in [0.2, 0.25) is 0 Å². The molecule has 2 rings (SSSR count). The van der Waals surface area contributed by atoms with Crippen molar-refractivity contribution in [3.05, 3.63) is 36.0 Å². The molecule has 0 fully saturated rings. The van der Waals surface area contributed by atoms with Gasteiger partial charge in [0, 0.05) is 11.6 Å². The Hall–Kier alpha value is -1.50. The van der Waals surface area contributed by atoms with Gasteiger partial charge in [-0.25, -0.2) is 4.73 Å². The van der Waals surface area contributed by atoms with Crippen molar-refractivity contribution in [2.75, 3.05) is 6.54 Å². The molecule has 0 aliphatic carbocycles. The molecule has 0 saturated heterocycles. The Morgan fingerprint density at radius 1 is 1.31 bits per heavy atom. The van der Waals surface area contributed by atoms with E-state index < -0.39 is 7.32 Å². The van der Waals surface area contributed by atoms with Gasteiger partial charge in [-0.15, -0.1) is 0 Å². The summed E-state index contributed by atoms with van der Waals surface area (Å²) in [6.07, 6.45) is 2.44. The standard InChI is InChI=1S/C10H13BN2O3/c12-6-5-8-7-13(16-11(14)15)10-4-2-1-3-9(8)10/h1-4,7,14-15H,5-6,12H2. The Morgan fingerprint density at radius 2 is 2.06 bits per heavy atom. The molecule has 0 atom stereocenters. The zero-order valence-electron chi connectivity index (χ0n) is 8.71. The molecule has 84 valence electrons. The lowest BCUT2D eigenvalue weighted by molar-refractivity contribution is 0.173. The van der Waals surface area contributed by atoms with Gasteiger partial charge >= 0.3 is 7.32 Å². The van der Waals surface area contributed by atoms with E-state index in [2.05, 4.69) is 0 Å². The van der Waals surface area contributed by atoms with Gasteiger partial charge in [0.15, 0.2) is 0 Å². The molecule has 2 aromatic rings. The van der Waals surface area contributed by atoms with Crippen LogP contribution in [0.1, 0.15) is 5.56 Å². The molecule has 0 amide bonds. The maximum absolute atomic E-state index is 8.79. The minimum absolute atomic E-state index is 0.537. The third-order valence-electron chi connectivity index (χ3n) is 2.38. The molecule has 0 bridgehead atoms. The molecular weight excluding hydrogens is 207 g/mol. The Labute approximate surface area is 93.2 Å². The lowest BCUT2D eigenvalue weighted by atomic mass is 10.1. The smallest absolute Gasteiger partial charge is 0.421 e. The summed E-state index contributed by atoms with van der Waals surface area (Å²) in [5, 5.41) is 18.6. The van der Waals surface area contributed by atoms with Crippen LogP contribution in [-0.4, -0.2) is 28.6 Å². The Bertz CT molecular complexity index is 484. The average Bonchev–Trinajstić information content (AvgIpc) is 2.58. The maximum Gasteiger partial charge on any atom is 0.728 e. The van der Waals surface area contributed by atoms with Gasteiger partial charge in [0.1, 0.15) is 0 Å². The third kappa shape index (κ3) is 2.04. The van der Waals surface area contributed by atoms with Crippen LogP contribution in [0.15, 0.2) is 30.5 Å². The Morgan fingerprint density at radius 3 is 2.75 bits per heavy atom. The fourth-order valence-electron chi connectivity index (χ4n) is 1.76. The number of aromatic nitrogens is 1. The van der Waals surface area contributed by atoms with Crippen LogP contribution >= 0.6 is 0 Å². The van der Waals surface area contributed by atoms with Crippen LogP contribution in [0.25, 0.3) is 10.9 Å². The molecule has 16 heavy (non-hydrogen) atoms. The predicted molar refractivity (Wildman–Crippen MR) is 61.5 cm³/mol. The summed E-state index contributed by atoms with van der Waals surface area (Å²) in [5.74, 6) is 0. The van der Waals surface area contributed by atoms with Crippen molar-refractivity contribution < 1.29 is 14.8 Å². The molecular formula is C10H13BN2O3. The van der Waals surface area contributed by atoms with Crippen LogP contribution < -0.4 is 10.5 Å². The van der Waals surface area contributed by atoms with Crippen LogP contribution in [0.5, 0.6) is 0 Å². The Balaban J connectivity index is 2.48. The minimum Gasteiger partial charge on any atom is -0.421 e. The fraction of sp³-hybridized carbons (Fsp3) is 0.200. The summed E-state index contributed by atoms with van der Waals surface area (Å²) in [4.78, 5) is 0. The summed E-state index contributed by atoms with van der Waals surface area (Å²) in [6, 6.07) is 7.57. The quantitative estimate of drug-likeness (QED) is 0.609. The molecule has 0 saturated carbocycles.